The Hall–Kier alpha value is -3.16. The summed E-state index contributed by atoms with van der Waals surface area (Å²) in [5.41, 5.74) is 5.28. The number of imidazole rings is 1. The van der Waals surface area contributed by atoms with Crippen LogP contribution in [0.5, 0.6) is 0 Å². The van der Waals surface area contributed by atoms with Gasteiger partial charge in [0.15, 0.2) is 5.16 Å². The number of nitrogens with one attached hydrogen (secondary N) is 2. The Bertz CT molecular complexity index is 1290. The smallest absolute Gasteiger partial charge is 0.237 e. The minimum atomic E-state index is -0.251. The molecule has 2 atom stereocenters. The molecule has 1 aliphatic rings. The van der Waals surface area contributed by atoms with Gasteiger partial charge in [-0.15, -0.1) is 0 Å². The molecule has 2 N–H and O–H groups in total. The fourth-order valence-electron chi connectivity index (χ4n) is 4.72. The van der Waals surface area contributed by atoms with Gasteiger partial charge >= 0.3 is 0 Å². The molecule has 1 aliphatic heterocycles. The van der Waals surface area contributed by atoms with E-state index in [0.29, 0.717) is 13.0 Å². The lowest BCUT2D eigenvalue weighted by atomic mass is 10.1. The highest BCUT2D eigenvalue weighted by Gasteiger charge is 2.37. The van der Waals surface area contributed by atoms with Crippen molar-refractivity contribution in [2.45, 2.75) is 42.8 Å². The van der Waals surface area contributed by atoms with Crippen LogP contribution in [0.15, 0.2) is 78.0 Å². The highest BCUT2D eigenvalue weighted by Crippen LogP contribution is 2.33. The topological polar surface area (TPSA) is 61.0 Å². The zero-order valence-corrected chi connectivity index (χ0v) is 20.5. The molecular formula is C28H29FN4OS. The fraction of sp³-hybridized carbons (Fsp3) is 0.286. The van der Waals surface area contributed by atoms with Crippen LogP contribution in [0.1, 0.15) is 23.1 Å². The second kappa shape index (κ2) is 10.6. The van der Waals surface area contributed by atoms with Crippen LogP contribution in [-0.2, 0) is 17.8 Å². The third kappa shape index (κ3) is 5.92. The number of aromatic nitrogens is 2. The molecule has 1 saturated heterocycles. The number of fused-ring (bicyclic) bond motifs is 1. The number of thioether (sulfide) groups is 1. The van der Waals surface area contributed by atoms with E-state index in [1.807, 2.05) is 30.3 Å². The van der Waals surface area contributed by atoms with Gasteiger partial charge < -0.3 is 10.3 Å². The number of hydrogen-bond acceptors (Lipinski definition) is 4. The molecular weight excluding hydrogens is 459 g/mol. The van der Waals surface area contributed by atoms with Crippen molar-refractivity contribution in [3.63, 3.8) is 0 Å². The summed E-state index contributed by atoms with van der Waals surface area (Å²) >= 11 is 1.71. The van der Waals surface area contributed by atoms with Crippen LogP contribution in [0, 0.1) is 12.7 Å². The van der Waals surface area contributed by atoms with E-state index < -0.39 is 0 Å². The zero-order valence-electron chi connectivity index (χ0n) is 19.7. The molecule has 180 valence electrons. The molecule has 0 bridgehead atoms. The lowest BCUT2D eigenvalue weighted by Gasteiger charge is -2.23. The lowest BCUT2D eigenvalue weighted by molar-refractivity contribution is -0.125. The molecule has 7 heteroatoms. The van der Waals surface area contributed by atoms with Gasteiger partial charge in [0.2, 0.25) is 5.91 Å². The molecule has 0 aliphatic carbocycles. The Morgan fingerprint density at radius 3 is 2.77 bits per heavy atom. The van der Waals surface area contributed by atoms with Crippen molar-refractivity contribution < 1.29 is 9.18 Å². The van der Waals surface area contributed by atoms with E-state index >= 15 is 0 Å². The minimum absolute atomic E-state index is 0.0294. The predicted octanol–water partition coefficient (Wildman–Crippen LogP) is 5.10. The van der Waals surface area contributed by atoms with Gasteiger partial charge in [0, 0.05) is 24.9 Å². The molecule has 35 heavy (non-hydrogen) atoms. The molecule has 4 aromatic rings. The lowest BCUT2D eigenvalue weighted by Crippen LogP contribution is -2.43. The highest BCUT2D eigenvalue weighted by atomic mass is 32.2. The van der Waals surface area contributed by atoms with Crippen LogP contribution in [0.25, 0.3) is 11.0 Å². The van der Waals surface area contributed by atoms with Gasteiger partial charge in [-0.05, 0) is 55.2 Å². The van der Waals surface area contributed by atoms with Crippen molar-refractivity contribution in [2.75, 3.05) is 13.1 Å². The van der Waals surface area contributed by atoms with Crippen molar-refractivity contribution in [2.24, 2.45) is 0 Å². The van der Waals surface area contributed by atoms with Gasteiger partial charge in [0.1, 0.15) is 5.82 Å². The summed E-state index contributed by atoms with van der Waals surface area (Å²) in [6.45, 7) is 4.10. The normalized spacial score (nSPS) is 18.2. The summed E-state index contributed by atoms with van der Waals surface area (Å²) in [6.07, 6.45) is 1.35. The number of rotatable bonds is 8. The van der Waals surface area contributed by atoms with E-state index in [9.17, 15) is 9.18 Å². The van der Waals surface area contributed by atoms with E-state index in [1.54, 1.807) is 17.8 Å². The number of nitrogens with zero attached hydrogens (tertiary/aromatic N) is 2. The average molecular weight is 489 g/mol. The van der Waals surface area contributed by atoms with Gasteiger partial charge in [-0.2, -0.15) is 0 Å². The first-order chi connectivity index (χ1) is 17.0. The number of halogens is 1. The van der Waals surface area contributed by atoms with E-state index in [1.165, 1.54) is 23.3 Å². The highest BCUT2D eigenvalue weighted by molar-refractivity contribution is 7.99. The standard InChI is InChI=1S/C28H29FN4OS/c1-19-6-4-8-21(14-19)17-33-18-23(35-28-31-24-10-2-3-11-25(24)32-28)16-26(33)27(34)30-13-12-20-7-5-9-22(29)15-20/h2-11,14-15,23,26H,12-13,16-18H2,1H3,(H,30,34)(H,31,32)/t23-,26-/m0/s1. The van der Waals surface area contributed by atoms with Crippen molar-refractivity contribution in [1.29, 1.82) is 0 Å². The molecule has 1 amide bonds. The zero-order chi connectivity index (χ0) is 24.2. The van der Waals surface area contributed by atoms with Crippen LogP contribution in [-0.4, -0.2) is 45.2 Å². The molecule has 1 fully saturated rings. The molecule has 2 heterocycles. The van der Waals surface area contributed by atoms with Crippen molar-refractivity contribution >= 4 is 28.7 Å². The molecule has 0 spiro atoms. The van der Waals surface area contributed by atoms with Crippen molar-refractivity contribution in [3.05, 3.63) is 95.3 Å². The third-order valence-electron chi connectivity index (χ3n) is 6.38. The molecule has 0 saturated carbocycles. The summed E-state index contributed by atoms with van der Waals surface area (Å²) in [6, 6.07) is 22.8. The number of carbonyl (C=O) groups is 1. The number of hydrogen-bond donors (Lipinski definition) is 2. The summed E-state index contributed by atoms with van der Waals surface area (Å²) in [5.74, 6) is -0.221. The predicted molar refractivity (Wildman–Crippen MR) is 139 cm³/mol. The number of aromatic amines is 1. The number of carbonyl (C=O) groups excluding carboxylic acids is 1. The fourth-order valence-corrected chi connectivity index (χ4v) is 5.90. The van der Waals surface area contributed by atoms with Crippen molar-refractivity contribution in [1.82, 2.24) is 20.2 Å². The second-order valence-corrected chi connectivity index (χ2v) is 10.4. The third-order valence-corrected chi connectivity index (χ3v) is 7.48. The van der Waals surface area contributed by atoms with Crippen molar-refractivity contribution in [3.8, 4) is 0 Å². The maximum absolute atomic E-state index is 13.5. The van der Waals surface area contributed by atoms with E-state index in [-0.39, 0.29) is 23.0 Å². The maximum Gasteiger partial charge on any atom is 0.237 e. The summed E-state index contributed by atoms with van der Waals surface area (Å²) in [7, 11) is 0. The van der Waals surface area contributed by atoms with Crippen LogP contribution < -0.4 is 5.32 Å². The van der Waals surface area contributed by atoms with Gasteiger partial charge in [-0.25, -0.2) is 9.37 Å². The van der Waals surface area contributed by atoms with E-state index in [0.717, 1.165) is 41.3 Å². The summed E-state index contributed by atoms with van der Waals surface area (Å²) in [5, 5.41) is 4.23. The van der Waals surface area contributed by atoms with Gasteiger partial charge in [-0.3, -0.25) is 9.69 Å². The molecule has 3 aromatic carbocycles. The Labute approximate surface area is 209 Å². The first kappa shape index (κ1) is 23.6. The van der Waals surface area contributed by atoms with Crippen LogP contribution >= 0.6 is 11.8 Å². The van der Waals surface area contributed by atoms with E-state index in [2.05, 4.69) is 46.4 Å². The Morgan fingerprint density at radius 2 is 1.94 bits per heavy atom. The number of H-pyrrole nitrogens is 1. The maximum atomic E-state index is 13.5. The number of para-hydroxylation sites is 2. The van der Waals surface area contributed by atoms with Gasteiger partial charge in [0.25, 0.3) is 0 Å². The van der Waals surface area contributed by atoms with Gasteiger partial charge in [-0.1, -0.05) is 65.9 Å². The number of benzene rings is 3. The molecule has 0 radical (unpaired) electrons. The molecule has 0 unspecified atom stereocenters. The largest absolute Gasteiger partial charge is 0.354 e. The molecule has 5 rings (SSSR count). The monoisotopic (exact) mass is 488 g/mol. The molecule has 1 aromatic heterocycles. The minimum Gasteiger partial charge on any atom is -0.354 e. The Morgan fingerprint density at radius 1 is 1.11 bits per heavy atom. The average Bonchev–Trinajstić information content (AvgIpc) is 3.42. The number of likely N-dealkylation sites (tertiary alicyclic amines) is 1. The number of amides is 1. The first-order valence-corrected chi connectivity index (χ1v) is 12.8. The first-order valence-electron chi connectivity index (χ1n) is 12.0. The second-order valence-electron chi connectivity index (χ2n) is 9.14. The number of aryl methyl sites for hydroxylation is 1. The van der Waals surface area contributed by atoms with Crippen LogP contribution in [0.2, 0.25) is 0 Å². The Kier molecular flexibility index (Phi) is 7.16. The summed E-state index contributed by atoms with van der Waals surface area (Å²) in [4.78, 5) is 23.6. The summed E-state index contributed by atoms with van der Waals surface area (Å²) < 4.78 is 13.5. The van der Waals surface area contributed by atoms with Crippen LogP contribution in [0.4, 0.5) is 4.39 Å². The SMILES string of the molecule is Cc1cccc(CN2C[C@@H](Sc3nc4ccccc4[nH]3)C[C@H]2C(=O)NCCc2cccc(F)c2)c1. The quantitative estimate of drug-likeness (QED) is 0.362. The van der Waals surface area contributed by atoms with E-state index in [4.69, 9.17) is 4.98 Å². The molecule has 5 nitrogen and oxygen atoms in total. The van der Waals surface area contributed by atoms with Gasteiger partial charge in [0.05, 0.1) is 17.1 Å². The Balaban J connectivity index is 1.27. The van der Waals surface area contributed by atoms with Crippen LogP contribution in [0.3, 0.4) is 0 Å².